The fraction of sp³-hybridized carbons (Fsp3) is 0.778. The van der Waals surface area contributed by atoms with Crippen LogP contribution in [-0.4, -0.2) is 82.0 Å². The van der Waals surface area contributed by atoms with Gasteiger partial charge in [0.25, 0.3) is 0 Å². The molecule has 2 rings (SSSR count). The Morgan fingerprint density at radius 1 is 0.964 bits per heavy atom. The molecule has 0 aromatic heterocycles. The molecule has 0 saturated carbocycles. The lowest BCUT2D eigenvalue weighted by Gasteiger charge is -2.26. The van der Waals surface area contributed by atoms with Crippen molar-refractivity contribution in [2.75, 3.05) is 20.2 Å². The second-order valence-electron chi connectivity index (χ2n) is 7.99. The van der Waals surface area contributed by atoms with Gasteiger partial charge in [-0.25, -0.2) is 19.2 Å². The first-order valence-corrected chi connectivity index (χ1v) is 9.17. The number of aliphatic carboxylic acids is 2. The Balaban J connectivity index is 0.000000292. The van der Waals surface area contributed by atoms with Crippen molar-refractivity contribution in [1.29, 1.82) is 0 Å². The van der Waals surface area contributed by atoms with E-state index in [2.05, 4.69) is 4.74 Å². The minimum Gasteiger partial charge on any atom is -0.480 e. The second kappa shape index (κ2) is 9.61. The zero-order chi connectivity index (χ0) is 21.6. The van der Waals surface area contributed by atoms with Crippen LogP contribution in [0.15, 0.2) is 0 Å². The van der Waals surface area contributed by atoms with Gasteiger partial charge >= 0.3 is 24.1 Å². The predicted octanol–water partition coefficient (Wildman–Crippen LogP) is 2.02. The number of carboxylic acids is 2. The third kappa shape index (κ3) is 6.58. The van der Waals surface area contributed by atoms with E-state index in [4.69, 9.17) is 14.9 Å². The standard InChI is InChI=1S/C11H19NO4.C7H11NO4/c1-7-5-8(9(13)14)12(6-7)10(15)16-11(2,3)4;1-12-7(11)8-4-2-3-5(8)6(9)10/h7-8H,5-6H2,1-4H3,(H,13,14);5H,2-4H2,1H3,(H,9,10)/t7-,8-;/m0./s1. The molecule has 2 N–H and O–H groups in total. The first-order valence-electron chi connectivity index (χ1n) is 9.17. The first-order chi connectivity index (χ1) is 12.9. The Kier molecular flexibility index (Phi) is 8.07. The Hall–Kier alpha value is -2.52. The van der Waals surface area contributed by atoms with Crippen molar-refractivity contribution >= 4 is 24.1 Å². The van der Waals surface area contributed by atoms with Crippen molar-refractivity contribution in [3.8, 4) is 0 Å². The van der Waals surface area contributed by atoms with Gasteiger partial charge < -0.3 is 19.7 Å². The van der Waals surface area contributed by atoms with Crippen LogP contribution in [-0.2, 0) is 19.1 Å². The molecule has 0 aromatic carbocycles. The summed E-state index contributed by atoms with van der Waals surface area (Å²) in [4.78, 5) is 46.8. The van der Waals surface area contributed by atoms with Gasteiger partial charge in [0, 0.05) is 13.1 Å². The molecule has 10 nitrogen and oxygen atoms in total. The van der Waals surface area contributed by atoms with E-state index >= 15 is 0 Å². The van der Waals surface area contributed by atoms with Gasteiger partial charge in [0.15, 0.2) is 0 Å². The number of likely N-dealkylation sites (tertiary alicyclic amines) is 2. The monoisotopic (exact) mass is 402 g/mol. The number of rotatable bonds is 2. The van der Waals surface area contributed by atoms with Crippen molar-refractivity contribution in [3.63, 3.8) is 0 Å². The molecule has 160 valence electrons. The molecule has 10 heteroatoms. The van der Waals surface area contributed by atoms with Gasteiger partial charge in [-0.3, -0.25) is 9.80 Å². The molecule has 0 bridgehead atoms. The Morgan fingerprint density at radius 2 is 1.54 bits per heavy atom. The van der Waals surface area contributed by atoms with Gasteiger partial charge in [-0.1, -0.05) is 6.92 Å². The van der Waals surface area contributed by atoms with Gasteiger partial charge in [-0.2, -0.15) is 0 Å². The number of methoxy groups -OCH3 is 1. The molecule has 0 spiro atoms. The number of carbonyl (C=O) groups is 4. The molecule has 0 aromatic rings. The van der Waals surface area contributed by atoms with Crippen molar-refractivity contribution < 1.29 is 38.9 Å². The number of hydrogen-bond donors (Lipinski definition) is 2. The van der Waals surface area contributed by atoms with E-state index in [9.17, 15) is 19.2 Å². The third-order valence-corrected chi connectivity index (χ3v) is 4.37. The van der Waals surface area contributed by atoms with Crippen LogP contribution in [0.25, 0.3) is 0 Å². The number of nitrogens with zero attached hydrogens (tertiary/aromatic N) is 2. The van der Waals surface area contributed by atoms with E-state index in [0.29, 0.717) is 25.9 Å². The summed E-state index contributed by atoms with van der Waals surface area (Å²) in [6, 6.07) is -1.44. The van der Waals surface area contributed by atoms with Crippen LogP contribution in [0, 0.1) is 5.92 Å². The summed E-state index contributed by atoms with van der Waals surface area (Å²) < 4.78 is 9.61. The molecule has 0 radical (unpaired) electrons. The summed E-state index contributed by atoms with van der Waals surface area (Å²) in [6.45, 7) is 8.15. The van der Waals surface area contributed by atoms with E-state index in [1.54, 1.807) is 20.8 Å². The van der Waals surface area contributed by atoms with E-state index in [1.807, 2.05) is 6.92 Å². The lowest BCUT2D eigenvalue weighted by atomic mass is 10.1. The predicted molar refractivity (Wildman–Crippen MR) is 97.9 cm³/mol. The van der Waals surface area contributed by atoms with Crippen LogP contribution >= 0.6 is 0 Å². The Bertz CT molecular complexity index is 601. The molecule has 2 amide bonds. The van der Waals surface area contributed by atoms with Gasteiger partial charge in [0.2, 0.25) is 0 Å². The largest absolute Gasteiger partial charge is 0.480 e. The minimum atomic E-state index is -0.963. The molecule has 2 aliphatic rings. The molecule has 3 atom stereocenters. The molecule has 0 aliphatic carbocycles. The number of ether oxygens (including phenoxy) is 2. The third-order valence-electron chi connectivity index (χ3n) is 4.37. The van der Waals surface area contributed by atoms with Crippen LogP contribution < -0.4 is 0 Å². The normalized spacial score (nSPS) is 24.2. The lowest BCUT2D eigenvalue weighted by Crippen LogP contribution is -2.43. The van der Waals surface area contributed by atoms with Crippen LogP contribution in [0.4, 0.5) is 9.59 Å². The van der Waals surface area contributed by atoms with Crippen LogP contribution in [0.2, 0.25) is 0 Å². The summed E-state index contributed by atoms with van der Waals surface area (Å²) in [5.41, 5.74) is -0.591. The molecule has 2 aliphatic heterocycles. The van der Waals surface area contributed by atoms with Crippen LogP contribution in [0.3, 0.4) is 0 Å². The molecule has 2 heterocycles. The summed E-state index contributed by atoms with van der Waals surface area (Å²) in [6.07, 6.45) is 0.648. The fourth-order valence-corrected chi connectivity index (χ4v) is 3.16. The quantitative estimate of drug-likeness (QED) is 0.716. The first kappa shape index (κ1) is 23.5. The Labute approximate surface area is 164 Å². The average Bonchev–Trinajstić information content (AvgIpc) is 3.19. The molecule has 2 fully saturated rings. The van der Waals surface area contributed by atoms with Crippen molar-refractivity contribution in [2.45, 2.75) is 64.6 Å². The van der Waals surface area contributed by atoms with Gasteiger partial charge in [-0.15, -0.1) is 0 Å². The average molecular weight is 402 g/mol. The molecular weight excluding hydrogens is 372 g/mol. The maximum absolute atomic E-state index is 11.8. The number of carbonyl (C=O) groups excluding carboxylic acids is 2. The maximum Gasteiger partial charge on any atom is 0.411 e. The number of hydrogen-bond acceptors (Lipinski definition) is 6. The molecule has 2 saturated heterocycles. The molecule has 1 unspecified atom stereocenters. The SMILES string of the molecule is COC(=O)N1CCCC1C(=O)O.C[C@H]1C[C@@H](C(=O)O)N(C(=O)OC(C)(C)C)C1. The topological polar surface area (TPSA) is 134 Å². The van der Waals surface area contributed by atoms with E-state index < -0.39 is 41.8 Å². The smallest absolute Gasteiger partial charge is 0.411 e. The van der Waals surface area contributed by atoms with Crippen molar-refractivity contribution in [3.05, 3.63) is 0 Å². The van der Waals surface area contributed by atoms with Crippen LogP contribution in [0.5, 0.6) is 0 Å². The summed E-state index contributed by atoms with van der Waals surface area (Å²) in [7, 11) is 1.25. The van der Waals surface area contributed by atoms with Gasteiger partial charge in [-0.05, 0) is 46.0 Å². The number of amides is 2. The van der Waals surface area contributed by atoms with Gasteiger partial charge in [0.05, 0.1) is 7.11 Å². The zero-order valence-corrected chi connectivity index (χ0v) is 17.0. The fourth-order valence-electron chi connectivity index (χ4n) is 3.16. The summed E-state index contributed by atoms with van der Waals surface area (Å²) >= 11 is 0. The maximum atomic E-state index is 11.8. The molecule has 28 heavy (non-hydrogen) atoms. The minimum absolute atomic E-state index is 0.202. The van der Waals surface area contributed by atoms with E-state index in [0.717, 1.165) is 6.42 Å². The highest BCUT2D eigenvalue weighted by atomic mass is 16.6. The Morgan fingerprint density at radius 3 is 2.00 bits per heavy atom. The van der Waals surface area contributed by atoms with Crippen molar-refractivity contribution in [2.24, 2.45) is 5.92 Å². The highest BCUT2D eigenvalue weighted by molar-refractivity contribution is 5.81. The highest BCUT2D eigenvalue weighted by Gasteiger charge is 2.39. The van der Waals surface area contributed by atoms with Gasteiger partial charge in [0.1, 0.15) is 17.7 Å². The zero-order valence-electron chi connectivity index (χ0n) is 17.0. The van der Waals surface area contributed by atoms with E-state index in [1.165, 1.54) is 16.9 Å². The van der Waals surface area contributed by atoms with Crippen LogP contribution in [0.1, 0.15) is 47.0 Å². The second-order valence-corrected chi connectivity index (χ2v) is 7.99. The summed E-state index contributed by atoms with van der Waals surface area (Å²) in [5, 5.41) is 17.7. The lowest BCUT2D eigenvalue weighted by molar-refractivity contribution is -0.142. The highest BCUT2D eigenvalue weighted by Crippen LogP contribution is 2.25. The van der Waals surface area contributed by atoms with Crippen molar-refractivity contribution in [1.82, 2.24) is 9.80 Å². The van der Waals surface area contributed by atoms with E-state index in [-0.39, 0.29) is 5.92 Å². The molecular formula is C18H30N2O8. The number of carboxylic acid groups (broad SMARTS) is 2. The summed E-state index contributed by atoms with van der Waals surface area (Å²) in [5.74, 6) is -1.72.